The lowest BCUT2D eigenvalue weighted by atomic mass is 10.3. The first-order valence-electron chi connectivity index (χ1n) is 4.57. The van der Waals surface area contributed by atoms with E-state index >= 15 is 0 Å². The van der Waals surface area contributed by atoms with E-state index in [1.807, 2.05) is 42.9 Å². The summed E-state index contributed by atoms with van der Waals surface area (Å²) in [5.41, 5.74) is 1.21. The molecule has 0 amide bonds. The summed E-state index contributed by atoms with van der Waals surface area (Å²) in [6.45, 7) is 0. The first-order valence-corrected chi connectivity index (χ1v) is 4.57. The van der Waals surface area contributed by atoms with Crippen molar-refractivity contribution in [2.24, 2.45) is 0 Å². The van der Waals surface area contributed by atoms with Crippen LogP contribution in [0.3, 0.4) is 0 Å². The summed E-state index contributed by atoms with van der Waals surface area (Å²) < 4.78 is 0. The summed E-state index contributed by atoms with van der Waals surface area (Å²) in [6.07, 6.45) is 5.70. The number of aromatic nitrogens is 2. The number of H-pyrrole nitrogens is 2. The van der Waals surface area contributed by atoms with Gasteiger partial charge in [0.1, 0.15) is 0 Å². The van der Waals surface area contributed by atoms with Crippen molar-refractivity contribution in [3.05, 3.63) is 61.1 Å². The van der Waals surface area contributed by atoms with Gasteiger partial charge in [0.2, 0.25) is 0 Å². The molecule has 14 heavy (non-hydrogen) atoms. The number of nitrogens with one attached hydrogen (secondary N) is 2. The molecule has 0 bridgehead atoms. The topological polar surface area (TPSA) is 31.6 Å². The number of hydrogen-bond donors (Lipinski definition) is 2. The third-order valence-electron chi connectivity index (χ3n) is 1.96. The zero-order valence-electron chi connectivity index (χ0n) is 7.77. The molecular weight excluding hydrogens is 172 g/mol. The maximum atomic E-state index is 3.12. The Hall–Kier alpha value is -1.96. The average Bonchev–Trinajstić information content (AvgIpc) is 2.92. The highest BCUT2D eigenvalue weighted by atomic mass is 14.7. The van der Waals surface area contributed by atoms with Gasteiger partial charge in [-0.15, -0.1) is 0 Å². The highest BCUT2D eigenvalue weighted by Gasteiger charge is 1.86. The summed E-state index contributed by atoms with van der Waals surface area (Å²) in [5.74, 6) is 0. The first-order chi connectivity index (χ1) is 6.97. The number of aromatic amines is 2. The van der Waals surface area contributed by atoms with Gasteiger partial charge in [-0.3, -0.25) is 0 Å². The van der Waals surface area contributed by atoms with Gasteiger partial charge in [0.25, 0.3) is 0 Å². The molecule has 1 aromatic carbocycles. The van der Waals surface area contributed by atoms with E-state index < -0.39 is 0 Å². The summed E-state index contributed by atoms with van der Waals surface area (Å²) in [4.78, 5) is 5.98. The average molecular weight is 184 g/mol. The van der Waals surface area contributed by atoms with Gasteiger partial charge >= 0.3 is 0 Å². The standard InChI is InChI=1S/C8H7N.C4H5N/c1-2-4-8-7(3-1)5-6-9-8;1-2-4-5-3-1/h1-6,9H;1-5H. The first kappa shape index (κ1) is 8.63. The molecule has 2 aromatic heterocycles. The molecule has 0 radical (unpaired) electrons. The normalized spacial score (nSPS) is 9.43. The van der Waals surface area contributed by atoms with Gasteiger partial charge in [0.15, 0.2) is 0 Å². The Morgan fingerprint density at radius 1 is 0.714 bits per heavy atom. The molecule has 0 spiro atoms. The zero-order chi connectivity index (χ0) is 9.64. The van der Waals surface area contributed by atoms with E-state index in [9.17, 15) is 0 Å². The third kappa shape index (κ3) is 2.04. The molecule has 0 aliphatic heterocycles. The second kappa shape index (κ2) is 4.33. The lowest BCUT2D eigenvalue weighted by Crippen LogP contribution is -1.61. The van der Waals surface area contributed by atoms with Crippen LogP contribution in [0.5, 0.6) is 0 Å². The van der Waals surface area contributed by atoms with Crippen LogP contribution >= 0.6 is 0 Å². The van der Waals surface area contributed by atoms with Crippen LogP contribution in [0.25, 0.3) is 10.9 Å². The van der Waals surface area contributed by atoms with Crippen LogP contribution in [0.15, 0.2) is 61.1 Å². The predicted molar refractivity (Wildman–Crippen MR) is 59.1 cm³/mol. The molecule has 0 unspecified atom stereocenters. The van der Waals surface area contributed by atoms with Crippen molar-refractivity contribution in [3.63, 3.8) is 0 Å². The maximum Gasteiger partial charge on any atom is 0.0453 e. The molecule has 0 fully saturated rings. The molecule has 0 aliphatic rings. The Labute approximate surface area is 82.6 Å². The van der Waals surface area contributed by atoms with E-state index in [1.54, 1.807) is 0 Å². The van der Waals surface area contributed by atoms with E-state index in [-0.39, 0.29) is 0 Å². The Morgan fingerprint density at radius 3 is 2.14 bits per heavy atom. The minimum Gasteiger partial charge on any atom is -0.368 e. The Balaban J connectivity index is 0.000000128. The van der Waals surface area contributed by atoms with Gasteiger partial charge in [0.05, 0.1) is 0 Å². The van der Waals surface area contributed by atoms with Gasteiger partial charge in [-0.1, -0.05) is 18.2 Å². The molecular formula is C12H12N2. The van der Waals surface area contributed by atoms with Crippen LogP contribution in [-0.4, -0.2) is 9.97 Å². The molecule has 0 saturated carbocycles. The number of para-hydroxylation sites is 1. The lowest BCUT2D eigenvalue weighted by Gasteiger charge is -1.83. The molecule has 2 N–H and O–H groups in total. The van der Waals surface area contributed by atoms with Crippen molar-refractivity contribution in [2.75, 3.05) is 0 Å². The number of fused-ring (bicyclic) bond motifs is 1. The second-order valence-electron chi connectivity index (χ2n) is 2.95. The van der Waals surface area contributed by atoms with Crippen LogP contribution in [0.4, 0.5) is 0 Å². The summed E-state index contributed by atoms with van der Waals surface area (Å²) in [6, 6.07) is 14.2. The summed E-state index contributed by atoms with van der Waals surface area (Å²) in [7, 11) is 0. The lowest BCUT2D eigenvalue weighted by molar-refractivity contribution is 1.42. The quantitative estimate of drug-likeness (QED) is 0.537. The van der Waals surface area contributed by atoms with Crippen molar-refractivity contribution in [1.29, 1.82) is 0 Å². The van der Waals surface area contributed by atoms with Crippen LogP contribution < -0.4 is 0 Å². The number of hydrogen-bond acceptors (Lipinski definition) is 0. The Bertz CT molecular complexity index is 418. The van der Waals surface area contributed by atoms with Crippen LogP contribution in [-0.2, 0) is 0 Å². The smallest absolute Gasteiger partial charge is 0.0453 e. The zero-order valence-corrected chi connectivity index (χ0v) is 7.77. The molecule has 3 aromatic rings. The van der Waals surface area contributed by atoms with Gasteiger partial charge in [-0.05, 0) is 29.7 Å². The highest BCUT2D eigenvalue weighted by Crippen LogP contribution is 2.09. The fraction of sp³-hybridized carbons (Fsp3) is 0. The van der Waals surface area contributed by atoms with Gasteiger partial charge in [-0.2, -0.15) is 0 Å². The van der Waals surface area contributed by atoms with Gasteiger partial charge in [-0.25, -0.2) is 0 Å². The minimum absolute atomic E-state index is 1.21. The minimum atomic E-state index is 1.21. The van der Waals surface area contributed by atoms with Crippen LogP contribution in [0.1, 0.15) is 0 Å². The van der Waals surface area contributed by atoms with Gasteiger partial charge < -0.3 is 9.97 Å². The fourth-order valence-electron chi connectivity index (χ4n) is 1.27. The maximum absolute atomic E-state index is 3.12. The van der Waals surface area contributed by atoms with E-state index in [0.29, 0.717) is 0 Å². The summed E-state index contributed by atoms with van der Waals surface area (Å²) in [5, 5.41) is 1.28. The molecule has 2 heteroatoms. The number of rotatable bonds is 0. The monoisotopic (exact) mass is 184 g/mol. The second-order valence-corrected chi connectivity index (χ2v) is 2.95. The molecule has 0 saturated heterocycles. The molecule has 0 aliphatic carbocycles. The molecule has 0 atom stereocenters. The Morgan fingerprint density at radius 2 is 1.50 bits per heavy atom. The van der Waals surface area contributed by atoms with Crippen molar-refractivity contribution < 1.29 is 0 Å². The van der Waals surface area contributed by atoms with Crippen LogP contribution in [0.2, 0.25) is 0 Å². The predicted octanol–water partition coefficient (Wildman–Crippen LogP) is 3.18. The molecule has 2 heterocycles. The third-order valence-corrected chi connectivity index (χ3v) is 1.96. The van der Waals surface area contributed by atoms with Crippen molar-refractivity contribution in [2.45, 2.75) is 0 Å². The Kier molecular flexibility index (Phi) is 2.67. The highest BCUT2D eigenvalue weighted by molar-refractivity contribution is 5.78. The fourth-order valence-corrected chi connectivity index (χ4v) is 1.27. The largest absolute Gasteiger partial charge is 0.368 e. The number of benzene rings is 1. The van der Waals surface area contributed by atoms with E-state index in [0.717, 1.165) is 0 Å². The SMILES string of the molecule is c1cc[nH]c1.c1ccc2[nH]ccc2c1. The van der Waals surface area contributed by atoms with E-state index in [4.69, 9.17) is 0 Å². The molecule has 70 valence electrons. The van der Waals surface area contributed by atoms with Crippen molar-refractivity contribution in [3.8, 4) is 0 Å². The van der Waals surface area contributed by atoms with Crippen molar-refractivity contribution in [1.82, 2.24) is 9.97 Å². The summed E-state index contributed by atoms with van der Waals surface area (Å²) >= 11 is 0. The molecule has 2 nitrogen and oxygen atoms in total. The molecule has 3 rings (SSSR count). The van der Waals surface area contributed by atoms with E-state index in [1.165, 1.54) is 10.9 Å². The van der Waals surface area contributed by atoms with Crippen LogP contribution in [0, 0.1) is 0 Å². The van der Waals surface area contributed by atoms with Gasteiger partial charge in [0, 0.05) is 24.1 Å². The van der Waals surface area contributed by atoms with Crippen molar-refractivity contribution >= 4 is 10.9 Å². The van der Waals surface area contributed by atoms with E-state index in [2.05, 4.69) is 28.2 Å².